The number of aryl methyl sites for hydroxylation is 1. The van der Waals surface area contributed by atoms with Crippen LogP contribution in [0.2, 0.25) is 0 Å². The molecule has 3 aromatic carbocycles. The Bertz CT molecular complexity index is 1230. The number of aromatic nitrogens is 3. The van der Waals surface area contributed by atoms with E-state index in [1.54, 1.807) is 12.0 Å². The van der Waals surface area contributed by atoms with Gasteiger partial charge in [0, 0.05) is 11.1 Å². The highest BCUT2D eigenvalue weighted by Gasteiger charge is 2.40. The standard InChI is InChI=1S/C26H24N4O2/c1-18-12-14-20(15-13-18)25(31)29-22(19-8-4-3-5-9-19)16-23(30-26(29)27-17-28-30)21-10-6-7-11-24(21)32-2/h3-15,17,22-23H,16H2,1-2H3/t22-,23+/m0/s1. The molecule has 1 aromatic heterocycles. The van der Waals surface area contributed by atoms with Crippen LogP contribution in [-0.2, 0) is 0 Å². The van der Waals surface area contributed by atoms with Crippen molar-refractivity contribution in [2.45, 2.75) is 25.4 Å². The normalized spacial score (nSPS) is 17.6. The van der Waals surface area contributed by atoms with E-state index in [0.717, 1.165) is 22.4 Å². The van der Waals surface area contributed by atoms with Gasteiger partial charge in [0.15, 0.2) is 0 Å². The van der Waals surface area contributed by atoms with Crippen molar-refractivity contribution in [2.24, 2.45) is 0 Å². The maximum atomic E-state index is 13.7. The smallest absolute Gasteiger partial charge is 0.261 e. The topological polar surface area (TPSA) is 60.2 Å². The minimum absolute atomic E-state index is 0.0911. The van der Waals surface area contributed by atoms with Crippen LogP contribution in [0.25, 0.3) is 0 Å². The number of anilines is 1. The van der Waals surface area contributed by atoms with Crippen LogP contribution in [-0.4, -0.2) is 27.8 Å². The molecule has 6 heteroatoms. The lowest BCUT2D eigenvalue weighted by Crippen LogP contribution is -2.42. The Morgan fingerprint density at radius 2 is 1.66 bits per heavy atom. The largest absolute Gasteiger partial charge is 0.496 e. The molecule has 0 saturated heterocycles. The Labute approximate surface area is 187 Å². The Balaban J connectivity index is 1.66. The Kier molecular flexibility index (Phi) is 5.19. The molecule has 4 aromatic rings. The van der Waals surface area contributed by atoms with Crippen molar-refractivity contribution < 1.29 is 9.53 Å². The van der Waals surface area contributed by atoms with Gasteiger partial charge in [-0.25, -0.2) is 4.68 Å². The van der Waals surface area contributed by atoms with E-state index in [4.69, 9.17) is 4.74 Å². The number of carbonyl (C=O) groups excluding carboxylic acids is 1. The lowest BCUT2D eigenvalue weighted by molar-refractivity contribution is 0.0963. The predicted molar refractivity (Wildman–Crippen MR) is 123 cm³/mol. The minimum atomic E-state index is -0.198. The number of fused-ring (bicyclic) bond motifs is 1. The van der Waals surface area contributed by atoms with Gasteiger partial charge in [-0.15, -0.1) is 0 Å². The van der Waals surface area contributed by atoms with E-state index in [1.807, 2.05) is 72.3 Å². The van der Waals surface area contributed by atoms with Crippen molar-refractivity contribution in [3.05, 3.63) is 107 Å². The number of amides is 1. The van der Waals surface area contributed by atoms with E-state index < -0.39 is 0 Å². The molecule has 0 fully saturated rings. The van der Waals surface area contributed by atoms with E-state index in [-0.39, 0.29) is 18.0 Å². The van der Waals surface area contributed by atoms with E-state index >= 15 is 0 Å². The molecule has 0 spiro atoms. The summed E-state index contributed by atoms with van der Waals surface area (Å²) in [5.41, 5.74) is 3.81. The zero-order valence-electron chi connectivity index (χ0n) is 18.1. The fourth-order valence-electron chi connectivity index (χ4n) is 4.42. The number of carbonyl (C=O) groups is 1. The molecule has 2 heterocycles. The van der Waals surface area contributed by atoms with Crippen LogP contribution in [0, 0.1) is 6.92 Å². The molecule has 0 radical (unpaired) electrons. The van der Waals surface area contributed by atoms with Gasteiger partial charge in [0.2, 0.25) is 5.95 Å². The number of hydrogen-bond acceptors (Lipinski definition) is 4. The summed E-state index contributed by atoms with van der Waals surface area (Å²) in [5, 5.41) is 4.51. The minimum Gasteiger partial charge on any atom is -0.496 e. The summed E-state index contributed by atoms with van der Waals surface area (Å²) in [5.74, 6) is 1.24. The van der Waals surface area contributed by atoms with E-state index in [1.165, 1.54) is 6.33 Å². The molecule has 160 valence electrons. The summed E-state index contributed by atoms with van der Waals surface area (Å²) < 4.78 is 7.48. The van der Waals surface area contributed by atoms with Gasteiger partial charge in [-0.2, -0.15) is 10.1 Å². The van der Waals surface area contributed by atoms with Crippen LogP contribution in [0.4, 0.5) is 5.95 Å². The average Bonchev–Trinajstić information content (AvgIpc) is 3.33. The molecule has 0 aliphatic carbocycles. The molecule has 32 heavy (non-hydrogen) atoms. The number of rotatable bonds is 4. The molecule has 0 saturated carbocycles. The van der Waals surface area contributed by atoms with Crippen molar-refractivity contribution >= 4 is 11.9 Å². The van der Waals surface area contributed by atoms with E-state index in [0.29, 0.717) is 17.9 Å². The van der Waals surface area contributed by atoms with Gasteiger partial charge in [0.25, 0.3) is 5.91 Å². The molecule has 6 nitrogen and oxygen atoms in total. The Hall–Kier alpha value is -3.93. The maximum absolute atomic E-state index is 13.7. The number of hydrogen-bond donors (Lipinski definition) is 0. The number of methoxy groups -OCH3 is 1. The van der Waals surface area contributed by atoms with Crippen LogP contribution in [0.5, 0.6) is 5.75 Å². The summed E-state index contributed by atoms with van der Waals surface area (Å²) in [6.07, 6.45) is 2.17. The highest BCUT2D eigenvalue weighted by atomic mass is 16.5. The van der Waals surface area contributed by atoms with Crippen LogP contribution in [0.1, 0.15) is 45.6 Å². The van der Waals surface area contributed by atoms with Crippen LogP contribution >= 0.6 is 0 Å². The van der Waals surface area contributed by atoms with Crippen molar-refractivity contribution in [3.63, 3.8) is 0 Å². The Morgan fingerprint density at radius 3 is 2.41 bits per heavy atom. The SMILES string of the molecule is COc1ccccc1[C@H]1C[C@@H](c2ccccc2)N(C(=O)c2ccc(C)cc2)c2ncnn21. The average molecular weight is 425 g/mol. The molecular weight excluding hydrogens is 400 g/mol. The molecule has 5 rings (SSSR count). The fraction of sp³-hybridized carbons (Fsp3) is 0.192. The van der Waals surface area contributed by atoms with Gasteiger partial charge in [0.1, 0.15) is 12.1 Å². The first-order chi connectivity index (χ1) is 15.7. The third kappa shape index (κ3) is 3.43. The molecule has 1 aliphatic rings. The number of nitrogens with zero attached hydrogens (tertiary/aromatic N) is 4. The van der Waals surface area contributed by atoms with Gasteiger partial charge in [0.05, 0.1) is 19.2 Å². The first-order valence-corrected chi connectivity index (χ1v) is 10.6. The van der Waals surface area contributed by atoms with Gasteiger partial charge in [-0.05, 0) is 37.1 Å². The quantitative estimate of drug-likeness (QED) is 0.464. The second kappa shape index (κ2) is 8.30. The lowest BCUT2D eigenvalue weighted by Gasteiger charge is -2.39. The van der Waals surface area contributed by atoms with Crippen molar-refractivity contribution in [3.8, 4) is 5.75 Å². The van der Waals surface area contributed by atoms with Crippen molar-refractivity contribution in [1.82, 2.24) is 14.8 Å². The van der Waals surface area contributed by atoms with Gasteiger partial charge >= 0.3 is 0 Å². The summed E-state index contributed by atoms with van der Waals surface area (Å²) in [6, 6.07) is 25.4. The van der Waals surface area contributed by atoms with Gasteiger partial charge in [-0.1, -0.05) is 66.2 Å². The highest BCUT2D eigenvalue weighted by molar-refractivity contribution is 6.05. The predicted octanol–water partition coefficient (Wildman–Crippen LogP) is 4.98. The molecule has 1 amide bonds. The second-order valence-electron chi connectivity index (χ2n) is 7.97. The molecular formula is C26H24N4O2. The van der Waals surface area contributed by atoms with Gasteiger partial charge in [-0.3, -0.25) is 9.69 Å². The third-order valence-corrected chi connectivity index (χ3v) is 6.02. The van der Waals surface area contributed by atoms with Gasteiger partial charge < -0.3 is 4.74 Å². The van der Waals surface area contributed by atoms with Crippen LogP contribution < -0.4 is 9.64 Å². The van der Waals surface area contributed by atoms with Crippen molar-refractivity contribution in [2.75, 3.05) is 12.0 Å². The number of benzene rings is 3. The summed E-state index contributed by atoms with van der Waals surface area (Å²) >= 11 is 0. The first kappa shape index (κ1) is 20.0. The van der Waals surface area contributed by atoms with Crippen molar-refractivity contribution in [1.29, 1.82) is 0 Å². The Morgan fingerprint density at radius 1 is 0.938 bits per heavy atom. The summed E-state index contributed by atoms with van der Waals surface area (Å²) in [6.45, 7) is 2.01. The fourth-order valence-corrected chi connectivity index (χ4v) is 4.42. The molecule has 0 unspecified atom stereocenters. The van der Waals surface area contributed by atoms with E-state index in [2.05, 4.69) is 28.3 Å². The zero-order chi connectivity index (χ0) is 22.1. The van der Waals surface area contributed by atoms with Crippen LogP contribution in [0.3, 0.4) is 0 Å². The maximum Gasteiger partial charge on any atom is 0.261 e. The second-order valence-corrected chi connectivity index (χ2v) is 7.97. The molecule has 0 N–H and O–H groups in total. The highest BCUT2D eigenvalue weighted by Crippen LogP contribution is 2.44. The summed E-state index contributed by atoms with van der Waals surface area (Å²) in [7, 11) is 1.67. The zero-order valence-corrected chi connectivity index (χ0v) is 18.1. The molecule has 1 aliphatic heterocycles. The number of ether oxygens (including phenoxy) is 1. The first-order valence-electron chi connectivity index (χ1n) is 10.6. The van der Waals surface area contributed by atoms with E-state index in [9.17, 15) is 4.79 Å². The third-order valence-electron chi connectivity index (χ3n) is 6.02. The molecule has 0 bridgehead atoms. The lowest BCUT2D eigenvalue weighted by atomic mass is 9.91. The number of para-hydroxylation sites is 1. The molecule has 2 atom stereocenters. The summed E-state index contributed by atoms with van der Waals surface area (Å²) in [4.78, 5) is 20.0. The van der Waals surface area contributed by atoms with Crippen LogP contribution in [0.15, 0.2) is 85.2 Å². The monoisotopic (exact) mass is 424 g/mol.